The van der Waals surface area contributed by atoms with Gasteiger partial charge in [0.1, 0.15) is 5.82 Å². The first-order valence-corrected chi connectivity index (χ1v) is 5.71. The summed E-state index contributed by atoms with van der Waals surface area (Å²) in [7, 11) is 0. The van der Waals surface area contributed by atoms with Gasteiger partial charge in [0.15, 0.2) is 0 Å². The van der Waals surface area contributed by atoms with Crippen molar-refractivity contribution in [2.24, 2.45) is 5.92 Å². The lowest BCUT2D eigenvalue weighted by Gasteiger charge is -2.09. The first-order valence-electron chi connectivity index (χ1n) is 5.71. The van der Waals surface area contributed by atoms with Gasteiger partial charge >= 0.3 is 5.97 Å². The van der Waals surface area contributed by atoms with Crippen LogP contribution in [-0.2, 0) is 9.59 Å². The molecule has 5 heteroatoms. The van der Waals surface area contributed by atoms with Crippen molar-refractivity contribution in [2.45, 2.75) is 20.3 Å². The van der Waals surface area contributed by atoms with E-state index in [-0.39, 0.29) is 11.8 Å². The largest absolute Gasteiger partial charge is 0.478 e. The molecular weight excluding hydrogens is 232 g/mol. The summed E-state index contributed by atoms with van der Waals surface area (Å²) >= 11 is 0. The second-order valence-corrected chi connectivity index (χ2v) is 3.94. The van der Waals surface area contributed by atoms with Gasteiger partial charge < -0.3 is 10.4 Å². The fourth-order valence-electron chi connectivity index (χ4n) is 1.22. The molecule has 0 fully saturated rings. The van der Waals surface area contributed by atoms with Gasteiger partial charge in [0, 0.05) is 18.2 Å². The van der Waals surface area contributed by atoms with Gasteiger partial charge in [-0.25, -0.2) is 9.78 Å². The molecule has 0 spiro atoms. The minimum atomic E-state index is -1.02. The van der Waals surface area contributed by atoms with Crippen LogP contribution in [0.3, 0.4) is 0 Å². The highest BCUT2D eigenvalue weighted by Crippen LogP contribution is 2.11. The molecule has 0 aliphatic carbocycles. The van der Waals surface area contributed by atoms with E-state index in [0.717, 1.165) is 12.5 Å². The molecule has 0 aromatic carbocycles. The van der Waals surface area contributed by atoms with Gasteiger partial charge in [-0.2, -0.15) is 0 Å². The molecule has 0 bridgehead atoms. The maximum atomic E-state index is 11.7. The smallest absolute Gasteiger partial charge is 0.328 e. The van der Waals surface area contributed by atoms with Gasteiger partial charge in [-0.15, -0.1) is 0 Å². The van der Waals surface area contributed by atoms with E-state index in [1.807, 2.05) is 13.8 Å². The van der Waals surface area contributed by atoms with E-state index in [2.05, 4.69) is 10.3 Å². The first kappa shape index (κ1) is 13.9. The van der Waals surface area contributed by atoms with Gasteiger partial charge in [0.2, 0.25) is 5.91 Å². The molecule has 1 aromatic heterocycles. The molecule has 1 aromatic rings. The average Bonchev–Trinajstić information content (AvgIpc) is 2.35. The van der Waals surface area contributed by atoms with Crippen LogP contribution in [0.5, 0.6) is 0 Å². The summed E-state index contributed by atoms with van der Waals surface area (Å²) in [6.07, 6.45) is 4.76. The quantitative estimate of drug-likeness (QED) is 0.782. The number of nitrogens with one attached hydrogen (secondary N) is 1. The molecule has 1 rings (SSSR count). The summed E-state index contributed by atoms with van der Waals surface area (Å²) in [6, 6.07) is 3.29. The monoisotopic (exact) mass is 248 g/mol. The second kappa shape index (κ2) is 6.54. The molecule has 18 heavy (non-hydrogen) atoms. The zero-order chi connectivity index (χ0) is 13.5. The Hall–Kier alpha value is -2.17. The number of pyridine rings is 1. The zero-order valence-corrected chi connectivity index (χ0v) is 10.4. The topological polar surface area (TPSA) is 79.3 Å². The Kier molecular flexibility index (Phi) is 5.05. The third kappa shape index (κ3) is 4.37. The van der Waals surface area contributed by atoms with Crippen molar-refractivity contribution >= 4 is 23.8 Å². The van der Waals surface area contributed by atoms with Crippen LogP contribution in [0.2, 0.25) is 0 Å². The Morgan fingerprint density at radius 3 is 2.89 bits per heavy atom. The molecule has 1 amide bonds. The third-order valence-electron chi connectivity index (χ3n) is 2.51. The number of carboxylic acids is 1. The van der Waals surface area contributed by atoms with Crippen LogP contribution in [0.1, 0.15) is 25.8 Å². The Labute approximate surface area is 106 Å². The fraction of sp³-hybridized carbons (Fsp3) is 0.308. The SMILES string of the molecule is CCC(C)C(=O)Nc1cc(/C=C/C(=O)O)ccn1. The van der Waals surface area contributed by atoms with Crippen LogP contribution in [0, 0.1) is 5.92 Å². The standard InChI is InChI=1S/C13H16N2O3/c1-3-9(2)13(18)15-11-8-10(6-7-14-11)4-5-12(16)17/h4-9H,3H2,1-2H3,(H,16,17)(H,14,15,18)/b5-4+. The van der Waals surface area contributed by atoms with Gasteiger partial charge in [-0.1, -0.05) is 13.8 Å². The summed E-state index contributed by atoms with van der Waals surface area (Å²) < 4.78 is 0. The number of carbonyl (C=O) groups excluding carboxylic acids is 1. The lowest BCUT2D eigenvalue weighted by molar-refractivity contribution is -0.131. The van der Waals surface area contributed by atoms with Gasteiger partial charge in [0.25, 0.3) is 0 Å². The van der Waals surface area contributed by atoms with Gasteiger partial charge in [-0.05, 0) is 30.2 Å². The maximum Gasteiger partial charge on any atom is 0.328 e. The van der Waals surface area contributed by atoms with Crippen molar-refractivity contribution in [1.82, 2.24) is 4.98 Å². The number of carboxylic acid groups (broad SMARTS) is 1. The third-order valence-corrected chi connectivity index (χ3v) is 2.51. The molecule has 0 aliphatic heterocycles. The number of hydrogen-bond acceptors (Lipinski definition) is 3. The lowest BCUT2D eigenvalue weighted by atomic mass is 10.1. The Balaban J connectivity index is 2.76. The summed E-state index contributed by atoms with van der Waals surface area (Å²) in [4.78, 5) is 26.1. The molecule has 1 atom stereocenters. The van der Waals surface area contributed by atoms with Crippen LogP contribution >= 0.6 is 0 Å². The van der Waals surface area contributed by atoms with Crippen molar-refractivity contribution in [3.8, 4) is 0 Å². The molecule has 0 aliphatic rings. The summed E-state index contributed by atoms with van der Waals surface area (Å²) in [5.74, 6) is -0.765. The van der Waals surface area contributed by atoms with Crippen molar-refractivity contribution in [2.75, 3.05) is 5.32 Å². The van der Waals surface area contributed by atoms with Crippen LogP contribution in [0.15, 0.2) is 24.4 Å². The zero-order valence-electron chi connectivity index (χ0n) is 10.4. The second-order valence-electron chi connectivity index (χ2n) is 3.94. The summed E-state index contributed by atoms with van der Waals surface area (Å²) in [5.41, 5.74) is 0.673. The predicted octanol–water partition coefficient (Wildman–Crippen LogP) is 2.16. The van der Waals surface area contributed by atoms with Crippen LogP contribution in [0.25, 0.3) is 6.08 Å². The molecule has 96 valence electrons. The number of rotatable bonds is 5. The van der Waals surface area contributed by atoms with E-state index < -0.39 is 5.97 Å². The highest BCUT2D eigenvalue weighted by Gasteiger charge is 2.10. The number of aliphatic carboxylic acids is 1. The van der Waals surface area contributed by atoms with E-state index in [1.54, 1.807) is 12.1 Å². The Morgan fingerprint density at radius 2 is 2.28 bits per heavy atom. The minimum Gasteiger partial charge on any atom is -0.478 e. The average molecular weight is 248 g/mol. The lowest BCUT2D eigenvalue weighted by Crippen LogP contribution is -2.20. The van der Waals surface area contributed by atoms with E-state index in [1.165, 1.54) is 12.3 Å². The van der Waals surface area contributed by atoms with Gasteiger partial charge in [-0.3, -0.25) is 4.79 Å². The Morgan fingerprint density at radius 1 is 1.56 bits per heavy atom. The molecular formula is C13H16N2O3. The maximum absolute atomic E-state index is 11.7. The molecule has 1 unspecified atom stereocenters. The number of carbonyl (C=O) groups is 2. The molecule has 0 radical (unpaired) electrons. The van der Waals surface area contributed by atoms with Crippen molar-refractivity contribution in [3.05, 3.63) is 30.0 Å². The van der Waals surface area contributed by atoms with E-state index in [4.69, 9.17) is 5.11 Å². The number of amides is 1. The number of hydrogen-bond donors (Lipinski definition) is 2. The molecule has 2 N–H and O–H groups in total. The Bertz CT molecular complexity index is 469. The van der Waals surface area contributed by atoms with Crippen LogP contribution in [-0.4, -0.2) is 22.0 Å². The van der Waals surface area contributed by atoms with Crippen LogP contribution < -0.4 is 5.32 Å². The van der Waals surface area contributed by atoms with Crippen molar-refractivity contribution in [1.29, 1.82) is 0 Å². The predicted molar refractivity (Wildman–Crippen MR) is 69.0 cm³/mol. The first-order chi connectivity index (χ1) is 8.52. The van der Waals surface area contributed by atoms with Crippen molar-refractivity contribution < 1.29 is 14.7 Å². The number of aromatic nitrogens is 1. The normalized spacial score (nSPS) is 12.3. The van der Waals surface area contributed by atoms with E-state index in [9.17, 15) is 9.59 Å². The molecule has 5 nitrogen and oxygen atoms in total. The fourth-order valence-corrected chi connectivity index (χ4v) is 1.22. The molecule has 0 saturated heterocycles. The summed E-state index contributed by atoms with van der Waals surface area (Å²) in [6.45, 7) is 3.77. The van der Waals surface area contributed by atoms with E-state index in [0.29, 0.717) is 11.4 Å². The van der Waals surface area contributed by atoms with Gasteiger partial charge in [0.05, 0.1) is 0 Å². The number of anilines is 1. The molecule has 1 heterocycles. The highest BCUT2D eigenvalue weighted by molar-refractivity contribution is 5.91. The van der Waals surface area contributed by atoms with E-state index >= 15 is 0 Å². The minimum absolute atomic E-state index is 0.0787. The number of nitrogens with zero attached hydrogens (tertiary/aromatic N) is 1. The highest BCUT2D eigenvalue weighted by atomic mass is 16.4. The molecule has 0 saturated carbocycles. The van der Waals surface area contributed by atoms with Crippen LogP contribution in [0.4, 0.5) is 5.82 Å². The van der Waals surface area contributed by atoms with Crippen molar-refractivity contribution in [3.63, 3.8) is 0 Å². The summed E-state index contributed by atoms with van der Waals surface area (Å²) in [5, 5.41) is 11.2.